The molecule has 0 N–H and O–H groups in total. The van der Waals surface area contributed by atoms with Crippen molar-refractivity contribution in [3.8, 4) is 0 Å². The van der Waals surface area contributed by atoms with Gasteiger partial charge in [0.1, 0.15) is 19.8 Å². The first kappa shape index (κ1) is 79.6. The average Bonchev–Trinajstić information content (AvgIpc) is 3.61. The lowest BCUT2D eigenvalue weighted by atomic mass is 10.1. The van der Waals surface area contributed by atoms with Crippen LogP contribution in [0.1, 0.15) is 245 Å². The van der Waals surface area contributed by atoms with Crippen molar-refractivity contribution in [2.45, 2.75) is 251 Å². The normalized spacial score (nSPS) is 14.2. The van der Waals surface area contributed by atoms with Crippen LogP contribution in [-0.4, -0.2) is 70.0 Å². The molecule has 0 aliphatic rings. The number of ether oxygens (including phenoxy) is 2. The predicted octanol–water partition coefficient (Wildman–Crippen LogP) is 21.0. The van der Waals surface area contributed by atoms with Gasteiger partial charge in [0.05, 0.1) is 27.7 Å². The van der Waals surface area contributed by atoms with Crippen molar-refractivity contribution >= 4 is 19.8 Å². The Morgan fingerprint density at radius 3 is 0.952 bits per heavy atom. The number of hydrogen-bond acceptors (Lipinski definition) is 8. The lowest BCUT2D eigenvalue weighted by Gasteiger charge is -2.28. The minimum absolute atomic E-state index is 0.0412. The number of rotatable bonds is 59. The van der Waals surface area contributed by atoms with Crippen LogP contribution in [0, 0.1) is 0 Å². The molecule has 0 aliphatic carbocycles. The summed E-state index contributed by atoms with van der Waals surface area (Å²) in [5.41, 5.74) is 0. The molecule has 0 radical (unpaired) electrons. The fourth-order valence-electron chi connectivity index (χ4n) is 8.52. The van der Waals surface area contributed by atoms with Gasteiger partial charge in [0, 0.05) is 12.8 Å². The highest BCUT2D eigenvalue weighted by molar-refractivity contribution is 7.45. The molecule has 0 heterocycles. The molecular weight excluding hydrogens is 1060 g/mol. The molecule has 9 nitrogen and oxygen atoms in total. The minimum atomic E-state index is -4.66. The molecule has 0 amide bonds. The zero-order chi connectivity index (χ0) is 61.2. The maximum atomic E-state index is 12.9. The van der Waals surface area contributed by atoms with Crippen LogP contribution in [0.5, 0.6) is 0 Å². The average molecular weight is 1180 g/mol. The maximum Gasteiger partial charge on any atom is 0.306 e. The third kappa shape index (κ3) is 66.8. The number of allylic oxidation sites excluding steroid dienone is 26. The highest BCUT2D eigenvalue weighted by Gasteiger charge is 2.22. The molecule has 0 saturated carbocycles. The largest absolute Gasteiger partial charge is 0.756 e. The summed E-state index contributed by atoms with van der Waals surface area (Å²) in [6.45, 7) is 3.99. The molecule has 10 heteroatoms. The van der Waals surface area contributed by atoms with Crippen molar-refractivity contribution in [1.82, 2.24) is 0 Å². The van der Waals surface area contributed by atoms with Gasteiger partial charge < -0.3 is 27.9 Å². The van der Waals surface area contributed by atoms with Crippen molar-refractivity contribution in [3.05, 3.63) is 158 Å². The smallest absolute Gasteiger partial charge is 0.306 e. The van der Waals surface area contributed by atoms with Crippen LogP contribution in [0.4, 0.5) is 0 Å². The molecular formula is C74H122NO8P. The second kappa shape index (κ2) is 63.1. The second-order valence-electron chi connectivity index (χ2n) is 22.7. The van der Waals surface area contributed by atoms with Gasteiger partial charge in [0.25, 0.3) is 7.82 Å². The van der Waals surface area contributed by atoms with E-state index in [1.807, 2.05) is 21.1 Å². The molecule has 0 aliphatic heterocycles. The van der Waals surface area contributed by atoms with Crippen molar-refractivity contribution in [3.63, 3.8) is 0 Å². The van der Waals surface area contributed by atoms with Crippen molar-refractivity contribution in [2.24, 2.45) is 0 Å². The molecule has 476 valence electrons. The molecule has 0 aromatic heterocycles. The van der Waals surface area contributed by atoms with Crippen LogP contribution in [0.15, 0.2) is 158 Å². The van der Waals surface area contributed by atoms with Gasteiger partial charge in [-0.3, -0.25) is 14.2 Å². The summed E-state index contributed by atoms with van der Waals surface area (Å²) in [7, 11) is 1.14. The Labute approximate surface area is 516 Å². The minimum Gasteiger partial charge on any atom is -0.756 e. The summed E-state index contributed by atoms with van der Waals surface area (Å²) in [6.07, 6.45) is 94.4. The van der Waals surface area contributed by atoms with Crippen LogP contribution in [-0.2, 0) is 32.7 Å². The van der Waals surface area contributed by atoms with E-state index in [1.165, 1.54) is 70.6 Å². The van der Waals surface area contributed by atoms with Crippen molar-refractivity contribution in [1.29, 1.82) is 0 Å². The summed E-state index contributed by atoms with van der Waals surface area (Å²) in [6, 6.07) is 0. The molecule has 84 heavy (non-hydrogen) atoms. The monoisotopic (exact) mass is 1180 g/mol. The summed E-state index contributed by atoms with van der Waals surface area (Å²) in [5.74, 6) is -0.854. The quantitative estimate of drug-likeness (QED) is 0.0195. The Morgan fingerprint density at radius 1 is 0.369 bits per heavy atom. The van der Waals surface area contributed by atoms with Gasteiger partial charge in [-0.2, -0.15) is 0 Å². The summed E-state index contributed by atoms with van der Waals surface area (Å²) in [4.78, 5) is 38.0. The van der Waals surface area contributed by atoms with E-state index in [4.69, 9.17) is 18.5 Å². The SMILES string of the molecule is CC/C=C\C/C=C\C/C=C\C/C=C\C/C=C\C/C=C\C/C=C\CCCCCCCCCCCC(=O)OC(COC(=O)CCCCCCCCCCCC/C=C\C/C=C\C/C=C\C/C=C\C/C=C\C/C=C\CC)COP(=O)([O-])OCC[N+](C)(C)C. The first-order valence-electron chi connectivity index (χ1n) is 33.2. The number of unbranched alkanes of at least 4 members (excludes halogenated alkanes) is 19. The summed E-state index contributed by atoms with van der Waals surface area (Å²) < 4.78 is 34.3. The van der Waals surface area contributed by atoms with Gasteiger partial charge in [-0.25, -0.2) is 0 Å². The van der Waals surface area contributed by atoms with Gasteiger partial charge >= 0.3 is 11.9 Å². The van der Waals surface area contributed by atoms with Crippen LogP contribution < -0.4 is 4.89 Å². The first-order chi connectivity index (χ1) is 41.0. The molecule has 0 aromatic rings. The van der Waals surface area contributed by atoms with Gasteiger partial charge in [-0.15, -0.1) is 0 Å². The van der Waals surface area contributed by atoms with E-state index in [9.17, 15) is 19.0 Å². The van der Waals surface area contributed by atoms with E-state index in [0.717, 1.165) is 135 Å². The lowest BCUT2D eigenvalue weighted by Crippen LogP contribution is -2.37. The van der Waals surface area contributed by atoms with Gasteiger partial charge in [0.15, 0.2) is 6.10 Å². The second-order valence-corrected chi connectivity index (χ2v) is 24.1. The number of esters is 2. The van der Waals surface area contributed by atoms with Crippen molar-refractivity contribution in [2.75, 3.05) is 47.5 Å². The Bertz CT molecular complexity index is 1970. The van der Waals surface area contributed by atoms with E-state index < -0.39 is 32.5 Å². The number of hydrogen-bond donors (Lipinski definition) is 0. The maximum absolute atomic E-state index is 12.9. The molecule has 2 atom stereocenters. The van der Waals surface area contributed by atoms with Crippen LogP contribution in [0.3, 0.4) is 0 Å². The van der Waals surface area contributed by atoms with E-state index in [1.54, 1.807) is 0 Å². The third-order valence-electron chi connectivity index (χ3n) is 13.5. The number of quaternary nitrogens is 1. The van der Waals surface area contributed by atoms with Gasteiger partial charge in [-0.05, 0) is 122 Å². The molecule has 0 rings (SSSR count). The number of carbonyl (C=O) groups is 2. The number of carbonyl (C=O) groups excluding carboxylic acids is 2. The molecule has 0 bridgehead atoms. The molecule has 0 fully saturated rings. The topological polar surface area (TPSA) is 111 Å². The lowest BCUT2D eigenvalue weighted by molar-refractivity contribution is -0.870. The van der Waals surface area contributed by atoms with Crippen LogP contribution in [0.25, 0.3) is 0 Å². The zero-order valence-corrected chi connectivity index (χ0v) is 54.9. The van der Waals surface area contributed by atoms with E-state index >= 15 is 0 Å². The molecule has 2 unspecified atom stereocenters. The van der Waals surface area contributed by atoms with Gasteiger partial charge in [0.2, 0.25) is 0 Å². The number of phosphoric ester groups is 1. The van der Waals surface area contributed by atoms with E-state index in [0.29, 0.717) is 23.9 Å². The fraction of sp³-hybridized carbons (Fsp3) is 0.622. The first-order valence-corrected chi connectivity index (χ1v) is 34.7. The summed E-state index contributed by atoms with van der Waals surface area (Å²) >= 11 is 0. The van der Waals surface area contributed by atoms with E-state index in [2.05, 4.69) is 172 Å². The Morgan fingerprint density at radius 2 is 0.643 bits per heavy atom. The molecule has 0 spiro atoms. The number of likely N-dealkylation sites (N-methyl/N-ethyl adjacent to an activating group) is 1. The number of phosphoric acid groups is 1. The Balaban J connectivity index is 4.17. The summed E-state index contributed by atoms with van der Waals surface area (Å²) in [5, 5.41) is 0. The van der Waals surface area contributed by atoms with Crippen LogP contribution in [0.2, 0.25) is 0 Å². The Hall–Kier alpha value is -4.37. The Kier molecular flexibility index (Phi) is 59.9. The van der Waals surface area contributed by atoms with E-state index in [-0.39, 0.29) is 26.1 Å². The van der Waals surface area contributed by atoms with Crippen molar-refractivity contribution < 1.29 is 42.1 Å². The molecule has 0 saturated heterocycles. The molecule has 0 aromatic carbocycles. The van der Waals surface area contributed by atoms with Gasteiger partial charge in [-0.1, -0.05) is 268 Å². The standard InChI is InChI=1S/C74H122NO8P/c1-6-8-10-12-14-16-18-20-22-24-26-28-30-32-34-36-37-39-41-43-45-47-49-51-53-55-57-59-61-63-65-67-74(77)83-72(71-82-84(78,79)81-69-68-75(3,4)5)70-80-73(76)66-64-62-60-58-56-54-52-50-48-46-44-42-40-38-35-33-31-29-27-25-23-21-19-17-15-13-11-9-7-2/h8-11,14-17,20-23,26-29,32-35,37,39-40,42-43,45,72H,6-7,12-13,18-19,24-25,30-31,36,38,41,44,46-71H2,1-5H3/b10-8-,11-9-,16-14-,17-15-,22-20-,23-21-,28-26-,29-27-,34-32-,35-33-,39-37-,42-40-,45-43-. The van der Waals surface area contributed by atoms with Crippen LogP contribution >= 0.6 is 7.82 Å². The third-order valence-corrected chi connectivity index (χ3v) is 14.5. The predicted molar refractivity (Wildman–Crippen MR) is 360 cm³/mol. The fourth-order valence-corrected chi connectivity index (χ4v) is 9.25. The zero-order valence-electron chi connectivity index (χ0n) is 54.0. The number of nitrogens with zero attached hydrogens (tertiary/aromatic N) is 1. The highest BCUT2D eigenvalue weighted by atomic mass is 31.2. The highest BCUT2D eigenvalue weighted by Crippen LogP contribution is 2.38.